The first-order chi connectivity index (χ1) is 9.25. The van der Waals surface area contributed by atoms with E-state index in [9.17, 15) is 4.79 Å². The molecule has 0 saturated heterocycles. The molecule has 6 nitrogen and oxygen atoms in total. The standard InChI is InChI=1S/C13H16N4O2/c14-12-9-11(16-17-12)13(18)15-7-4-8-19-10-5-2-1-3-6-10/h1-3,5-6,9H,4,7-8H2,(H,15,18)(H3,14,16,17). The number of aromatic nitrogens is 2. The van der Waals surface area contributed by atoms with Gasteiger partial charge in [0.1, 0.15) is 17.3 Å². The van der Waals surface area contributed by atoms with Crippen LogP contribution in [0.2, 0.25) is 0 Å². The average molecular weight is 260 g/mol. The molecule has 0 fully saturated rings. The minimum absolute atomic E-state index is 0.219. The fraction of sp³-hybridized carbons (Fsp3) is 0.231. The number of amides is 1. The van der Waals surface area contributed by atoms with E-state index in [-0.39, 0.29) is 5.91 Å². The molecule has 0 bridgehead atoms. The SMILES string of the molecule is Nc1cc(C(=O)NCCCOc2ccccc2)[nH]n1. The highest BCUT2D eigenvalue weighted by molar-refractivity contribution is 5.92. The molecule has 0 spiro atoms. The second-order valence-electron chi connectivity index (χ2n) is 3.98. The predicted octanol–water partition coefficient (Wildman–Crippen LogP) is 1.19. The first-order valence-electron chi connectivity index (χ1n) is 6.02. The van der Waals surface area contributed by atoms with Crippen LogP contribution >= 0.6 is 0 Å². The molecular weight excluding hydrogens is 244 g/mol. The number of nitrogens with two attached hydrogens (primary N) is 1. The number of hydrogen-bond acceptors (Lipinski definition) is 4. The molecule has 1 amide bonds. The Labute approximate surface area is 111 Å². The Morgan fingerprint density at radius 3 is 2.84 bits per heavy atom. The smallest absolute Gasteiger partial charge is 0.269 e. The molecule has 1 aromatic carbocycles. The van der Waals surface area contributed by atoms with Crippen molar-refractivity contribution in [2.75, 3.05) is 18.9 Å². The minimum atomic E-state index is -0.219. The lowest BCUT2D eigenvalue weighted by Gasteiger charge is -2.06. The summed E-state index contributed by atoms with van der Waals surface area (Å²) in [7, 11) is 0. The number of para-hydroxylation sites is 1. The Bertz CT molecular complexity index is 524. The largest absolute Gasteiger partial charge is 0.494 e. The van der Waals surface area contributed by atoms with Crippen LogP contribution in [0.4, 0.5) is 5.82 Å². The quantitative estimate of drug-likeness (QED) is 0.680. The summed E-state index contributed by atoms with van der Waals surface area (Å²) in [5.74, 6) is 0.914. The molecule has 0 aliphatic carbocycles. The molecule has 0 unspecified atom stereocenters. The maximum atomic E-state index is 11.6. The highest BCUT2D eigenvalue weighted by atomic mass is 16.5. The first-order valence-corrected chi connectivity index (χ1v) is 6.02. The van der Waals surface area contributed by atoms with Crippen LogP contribution in [-0.4, -0.2) is 29.3 Å². The Kier molecular flexibility index (Phi) is 4.39. The van der Waals surface area contributed by atoms with E-state index in [1.807, 2.05) is 30.3 Å². The summed E-state index contributed by atoms with van der Waals surface area (Å²) < 4.78 is 5.51. The summed E-state index contributed by atoms with van der Waals surface area (Å²) in [6.45, 7) is 1.08. The van der Waals surface area contributed by atoms with Crippen molar-refractivity contribution in [2.24, 2.45) is 0 Å². The number of benzene rings is 1. The topological polar surface area (TPSA) is 93.0 Å². The van der Waals surface area contributed by atoms with Crippen molar-refractivity contribution in [1.29, 1.82) is 0 Å². The van der Waals surface area contributed by atoms with Gasteiger partial charge in [-0.05, 0) is 18.6 Å². The molecule has 100 valence electrons. The molecule has 0 aliphatic heterocycles. The van der Waals surface area contributed by atoms with Crippen molar-refractivity contribution >= 4 is 11.7 Å². The number of hydrogen-bond donors (Lipinski definition) is 3. The zero-order valence-electron chi connectivity index (χ0n) is 10.4. The highest BCUT2D eigenvalue weighted by Crippen LogP contribution is 2.08. The summed E-state index contributed by atoms with van der Waals surface area (Å²) in [6, 6.07) is 11.1. The minimum Gasteiger partial charge on any atom is -0.494 e. The maximum Gasteiger partial charge on any atom is 0.269 e. The van der Waals surface area contributed by atoms with E-state index in [1.165, 1.54) is 6.07 Å². The summed E-state index contributed by atoms with van der Waals surface area (Å²) >= 11 is 0. The zero-order valence-corrected chi connectivity index (χ0v) is 10.4. The Morgan fingerprint density at radius 1 is 1.37 bits per heavy atom. The van der Waals surface area contributed by atoms with Crippen LogP contribution in [0.15, 0.2) is 36.4 Å². The summed E-state index contributed by atoms with van der Waals surface area (Å²) in [6.07, 6.45) is 0.726. The molecule has 0 atom stereocenters. The first kappa shape index (κ1) is 12.9. The van der Waals surface area contributed by atoms with Crippen LogP contribution in [0.3, 0.4) is 0 Å². The second kappa shape index (κ2) is 6.44. The number of nitrogens with one attached hydrogen (secondary N) is 2. The highest BCUT2D eigenvalue weighted by Gasteiger charge is 2.07. The third kappa shape index (κ3) is 4.02. The average Bonchev–Trinajstić information content (AvgIpc) is 2.86. The summed E-state index contributed by atoms with van der Waals surface area (Å²) in [5, 5.41) is 9.00. The number of nitrogens with zero attached hydrogens (tertiary/aromatic N) is 1. The van der Waals surface area contributed by atoms with E-state index in [1.54, 1.807) is 0 Å². The van der Waals surface area contributed by atoms with E-state index in [0.717, 1.165) is 12.2 Å². The van der Waals surface area contributed by atoms with Crippen molar-refractivity contribution < 1.29 is 9.53 Å². The number of carbonyl (C=O) groups excluding carboxylic acids is 1. The molecule has 1 heterocycles. The second-order valence-corrected chi connectivity index (χ2v) is 3.98. The number of rotatable bonds is 6. The van der Waals surface area contributed by atoms with Gasteiger partial charge in [0.15, 0.2) is 0 Å². The van der Waals surface area contributed by atoms with Gasteiger partial charge in [-0.3, -0.25) is 9.89 Å². The molecule has 19 heavy (non-hydrogen) atoms. The molecule has 6 heteroatoms. The van der Waals surface area contributed by atoms with Crippen molar-refractivity contribution in [2.45, 2.75) is 6.42 Å². The van der Waals surface area contributed by atoms with E-state index in [0.29, 0.717) is 24.7 Å². The third-order valence-electron chi connectivity index (χ3n) is 2.46. The van der Waals surface area contributed by atoms with Crippen LogP contribution in [0.1, 0.15) is 16.9 Å². The molecule has 1 aromatic heterocycles. The lowest BCUT2D eigenvalue weighted by atomic mass is 10.3. The molecular formula is C13H16N4O2. The Hall–Kier alpha value is -2.50. The molecule has 2 rings (SSSR count). The third-order valence-corrected chi connectivity index (χ3v) is 2.46. The number of aromatic amines is 1. The van der Waals surface area contributed by atoms with Crippen LogP contribution in [0.25, 0.3) is 0 Å². The van der Waals surface area contributed by atoms with Gasteiger partial charge in [-0.2, -0.15) is 5.10 Å². The van der Waals surface area contributed by atoms with Crippen molar-refractivity contribution in [3.05, 3.63) is 42.1 Å². The summed E-state index contributed by atoms with van der Waals surface area (Å²) in [4.78, 5) is 11.6. The normalized spacial score (nSPS) is 10.1. The van der Waals surface area contributed by atoms with Gasteiger partial charge in [-0.1, -0.05) is 18.2 Å². The van der Waals surface area contributed by atoms with Gasteiger partial charge in [0.25, 0.3) is 5.91 Å². The van der Waals surface area contributed by atoms with Crippen LogP contribution in [0, 0.1) is 0 Å². The van der Waals surface area contributed by atoms with Gasteiger partial charge < -0.3 is 15.8 Å². The van der Waals surface area contributed by atoms with Gasteiger partial charge in [0.2, 0.25) is 0 Å². The van der Waals surface area contributed by atoms with E-state index in [4.69, 9.17) is 10.5 Å². The van der Waals surface area contributed by atoms with Gasteiger partial charge in [-0.25, -0.2) is 0 Å². The molecule has 0 saturated carbocycles. The van der Waals surface area contributed by atoms with Gasteiger partial charge in [-0.15, -0.1) is 0 Å². The fourth-order valence-corrected chi connectivity index (χ4v) is 1.53. The molecule has 2 aromatic rings. The van der Waals surface area contributed by atoms with Crippen LogP contribution in [-0.2, 0) is 0 Å². The number of nitrogen functional groups attached to an aromatic ring is 1. The Balaban J connectivity index is 1.63. The predicted molar refractivity (Wildman–Crippen MR) is 71.9 cm³/mol. The van der Waals surface area contributed by atoms with E-state index >= 15 is 0 Å². The number of ether oxygens (including phenoxy) is 1. The Morgan fingerprint density at radius 2 is 2.16 bits per heavy atom. The van der Waals surface area contributed by atoms with Crippen LogP contribution in [0.5, 0.6) is 5.75 Å². The monoisotopic (exact) mass is 260 g/mol. The van der Waals surface area contributed by atoms with Crippen molar-refractivity contribution in [3.63, 3.8) is 0 Å². The van der Waals surface area contributed by atoms with E-state index in [2.05, 4.69) is 15.5 Å². The number of anilines is 1. The molecule has 0 radical (unpaired) electrons. The van der Waals surface area contributed by atoms with E-state index < -0.39 is 0 Å². The lowest BCUT2D eigenvalue weighted by Crippen LogP contribution is -2.25. The molecule has 0 aliphatic rings. The van der Waals surface area contributed by atoms with Crippen molar-refractivity contribution in [3.8, 4) is 5.75 Å². The maximum absolute atomic E-state index is 11.6. The number of carbonyl (C=O) groups is 1. The van der Waals surface area contributed by atoms with Crippen molar-refractivity contribution in [1.82, 2.24) is 15.5 Å². The fourth-order valence-electron chi connectivity index (χ4n) is 1.53. The zero-order chi connectivity index (χ0) is 13.5. The number of H-pyrrole nitrogens is 1. The van der Waals surface area contributed by atoms with Gasteiger partial charge in [0, 0.05) is 12.6 Å². The van der Waals surface area contributed by atoms with Crippen LogP contribution < -0.4 is 15.8 Å². The molecule has 4 N–H and O–H groups in total. The van der Waals surface area contributed by atoms with Gasteiger partial charge in [0.05, 0.1) is 6.61 Å². The lowest BCUT2D eigenvalue weighted by molar-refractivity contribution is 0.0946. The van der Waals surface area contributed by atoms with Gasteiger partial charge >= 0.3 is 0 Å². The summed E-state index contributed by atoms with van der Waals surface area (Å²) in [5.41, 5.74) is 5.78.